The molecule has 0 bridgehead atoms. The predicted molar refractivity (Wildman–Crippen MR) is 95.4 cm³/mol. The summed E-state index contributed by atoms with van der Waals surface area (Å²) in [5.41, 5.74) is 1.35. The van der Waals surface area contributed by atoms with Crippen LogP contribution in [0.25, 0.3) is 0 Å². The van der Waals surface area contributed by atoms with Gasteiger partial charge in [-0.2, -0.15) is 10.2 Å². The number of hydrogen-bond donors (Lipinski definition) is 1. The highest BCUT2D eigenvalue weighted by atomic mass is 15.3. The van der Waals surface area contributed by atoms with Crippen LogP contribution < -0.4 is 0 Å². The highest BCUT2D eigenvalue weighted by Crippen LogP contribution is 2.47. The Bertz CT molecular complexity index is 726. The second kappa shape index (κ2) is 6.24. The van der Waals surface area contributed by atoms with Gasteiger partial charge in [-0.1, -0.05) is 0 Å². The van der Waals surface area contributed by atoms with Crippen molar-refractivity contribution < 1.29 is 0 Å². The standard InChI is InChI=1S/C19H28N6/c1-2-25-10-13(9-20-25)7-8-24-11-16(14-3-4-14)17(12-24)19-21-18(22-23-19)15-5-6-15/h9-10,14-17H,2-8,11-12H2,1H3,(H,21,22,23)/t16-,17+/m1/s1. The van der Waals surface area contributed by atoms with Gasteiger partial charge in [0.15, 0.2) is 5.82 Å². The average Bonchev–Trinajstić information content (AvgIpc) is 3.52. The van der Waals surface area contributed by atoms with E-state index in [0.717, 1.165) is 49.5 Å². The number of rotatable bonds is 7. The molecule has 0 radical (unpaired) electrons. The van der Waals surface area contributed by atoms with Crippen molar-refractivity contribution in [2.45, 2.75) is 57.4 Å². The van der Waals surface area contributed by atoms with Crippen LogP contribution in [0.3, 0.4) is 0 Å². The van der Waals surface area contributed by atoms with Gasteiger partial charge in [-0.3, -0.25) is 9.78 Å². The lowest BCUT2D eigenvalue weighted by molar-refractivity contribution is 0.321. The molecule has 0 aromatic carbocycles. The fourth-order valence-electron chi connectivity index (χ4n) is 4.36. The fourth-order valence-corrected chi connectivity index (χ4v) is 4.36. The van der Waals surface area contributed by atoms with Crippen molar-refractivity contribution in [3.63, 3.8) is 0 Å². The monoisotopic (exact) mass is 340 g/mol. The maximum absolute atomic E-state index is 4.88. The average molecular weight is 340 g/mol. The summed E-state index contributed by atoms with van der Waals surface area (Å²) < 4.78 is 2.02. The molecule has 2 atom stereocenters. The Hall–Kier alpha value is -1.69. The number of likely N-dealkylation sites (tertiary alicyclic amines) is 1. The van der Waals surface area contributed by atoms with Crippen LogP contribution in [0, 0.1) is 11.8 Å². The Kier molecular flexibility index (Phi) is 3.88. The Morgan fingerprint density at radius 2 is 2.08 bits per heavy atom. The summed E-state index contributed by atoms with van der Waals surface area (Å²) in [6.45, 7) is 6.55. The number of H-pyrrole nitrogens is 1. The summed E-state index contributed by atoms with van der Waals surface area (Å²) in [5.74, 6) is 5.07. The first kappa shape index (κ1) is 15.6. The number of aromatic nitrogens is 5. The molecule has 134 valence electrons. The molecule has 2 aliphatic carbocycles. The molecule has 3 heterocycles. The van der Waals surface area contributed by atoms with Crippen LogP contribution in [0.5, 0.6) is 0 Å². The van der Waals surface area contributed by atoms with E-state index in [1.807, 2.05) is 10.9 Å². The second-order valence-corrected chi connectivity index (χ2v) is 8.17. The van der Waals surface area contributed by atoms with E-state index in [-0.39, 0.29) is 0 Å². The minimum Gasteiger partial charge on any atom is -0.302 e. The van der Waals surface area contributed by atoms with Gasteiger partial charge in [-0.05, 0) is 56.4 Å². The topological polar surface area (TPSA) is 62.6 Å². The van der Waals surface area contributed by atoms with Crippen LogP contribution in [0.4, 0.5) is 0 Å². The number of aromatic amines is 1. The molecule has 6 heteroatoms. The molecule has 6 nitrogen and oxygen atoms in total. The predicted octanol–water partition coefficient (Wildman–Crippen LogP) is 2.57. The zero-order chi connectivity index (χ0) is 16.8. The summed E-state index contributed by atoms with van der Waals surface area (Å²) >= 11 is 0. The van der Waals surface area contributed by atoms with Crippen molar-refractivity contribution in [3.05, 3.63) is 29.6 Å². The SMILES string of the molecule is CCn1cc(CCN2C[C@H](c3nc(C4CC4)n[nH]3)[C@@H](C3CC3)C2)cn1. The first-order valence-electron chi connectivity index (χ1n) is 9.96. The number of nitrogens with zero attached hydrogens (tertiary/aromatic N) is 5. The van der Waals surface area contributed by atoms with E-state index in [4.69, 9.17) is 4.98 Å². The Labute approximate surface area is 149 Å². The third-order valence-corrected chi connectivity index (χ3v) is 6.21. The largest absolute Gasteiger partial charge is 0.302 e. The van der Waals surface area contributed by atoms with Gasteiger partial charge in [0.2, 0.25) is 0 Å². The van der Waals surface area contributed by atoms with Crippen LogP contribution >= 0.6 is 0 Å². The molecule has 0 amide bonds. The van der Waals surface area contributed by atoms with Crippen LogP contribution in [0.2, 0.25) is 0 Å². The molecule has 3 fully saturated rings. The van der Waals surface area contributed by atoms with Crippen molar-refractivity contribution >= 4 is 0 Å². The molecule has 0 spiro atoms. The first-order valence-corrected chi connectivity index (χ1v) is 9.96. The van der Waals surface area contributed by atoms with Gasteiger partial charge in [0.25, 0.3) is 0 Å². The molecule has 1 aliphatic heterocycles. The Balaban J connectivity index is 1.25. The zero-order valence-corrected chi connectivity index (χ0v) is 15.1. The normalized spacial score (nSPS) is 27.2. The fraction of sp³-hybridized carbons (Fsp3) is 0.737. The molecule has 0 unspecified atom stereocenters. The van der Waals surface area contributed by atoms with Gasteiger partial charge in [0, 0.05) is 44.2 Å². The lowest BCUT2D eigenvalue weighted by atomic mass is 9.91. The van der Waals surface area contributed by atoms with Gasteiger partial charge >= 0.3 is 0 Å². The van der Waals surface area contributed by atoms with Crippen LogP contribution in [0.15, 0.2) is 12.4 Å². The minimum absolute atomic E-state index is 0.547. The summed E-state index contributed by atoms with van der Waals surface area (Å²) in [4.78, 5) is 7.51. The highest BCUT2D eigenvalue weighted by Gasteiger charge is 2.44. The van der Waals surface area contributed by atoms with Crippen molar-refractivity contribution in [1.29, 1.82) is 0 Å². The van der Waals surface area contributed by atoms with Gasteiger partial charge < -0.3 is 4.90 Å². The van der Waals surface area contributed by atoms with Crippen molar-refractivity contribution in [2.24, 2.45) is 11.8 Å². The summed E-state index contributed by atoms with van der Waals surface area (Å²) in [6, 6.07) is 0. The van der Waals surface area contributed by atoms with E-state index in [2.05, 4.69) is 33.3 Å². The Morgan fingerprint density at radius 3 is 2.80 bits per heavy atom. The number of aryl methyl sites for hydroxylation is 1. The second-order valence-electron chi connectivity index (χ2n) is 8.17. The van der Waals surface area contributed by atoms with E-state index in [1.165, 1.54) is 37.8 Å². The first-order chi connectivity index (χ1) is 12.3. The Morgan fingerprint density at radius 1 is 1.20 bits per heavy atom. The smallest absolute Gasteiger partial charge is 0.153 e. The maximum atomic E-state index is 4.88. The van der Waals surface area contributed by atoms with Gasteiger partial charge in [-0.15, -0.1) is 0 Å². The molecule has 2 saturated carbocycles. The summed E-state index contributed by atoms with van der Waals surface area (Å²) in [6.07, 6.45) is 10.6. The lowest BCUT2D eigenvalue weighted by Crippen LogP contribution is -2.23. The summed E-state index contributed by atoms with van der Waals surface area (Å²) in [7, 11) is 0. The quantitative estimate of drug-likeness (QED) is 0.841. The third kappa shape index (κ3) is 3.24. The molecule has 2 aromatic rings. The van der Waals surface area contributed by atoms with E-state index in [0.29, 0.717) is 11.8 Å². The molecule has 2 aromatic heterocycles. The van der Waals surface area contributed by atoms with Gasteiger partial charge in [0.05, 0.1) is 6.20 Å². The minimum atomic E-state index is 0.547. The third-order valence-electron chi connectivity index (χ3n) is 6.21. The van der Waals surface area contributed by atoms with Crippen molar-refractivity contribution in [1.82, 2.24) is 29.9 Å². The summed E-state index contributed by atoms with van der Waals surface area (Å²) in [5, 5.41) is 12.2. The lowest BCUT2D eigenvalue weighted by Gasteiger charge is -2.15. The number of nitrogens with one attached hydrogen (secondary N) is 1. The van der Waals surface area contributed by atoms with E-state index in [9.17, 15) is 0 Å². The molecule has 5 rings (SSSR count). The molecule has 1 N–H and O–H groups in total. The zero-order valence-electron chi connectivity index (χ0n) is 15.1. The highest BCUT2D eigenvalue weighted by molar-refractivity contribution is 5.13. The molecular weight excluding hydrogens is 312 g/mol. The van der Waals surface area contributed by atoms with Crippen molar-refractivity contribution in [2.75, 3.05) is 19.6 Å². The molecule has 25 heavy (non-hydrogen) atoms. The van der Waals surface area contributed by atoms with Crippen LogP contribution in [-0.4, -0.2) is 49.5 Å². The maximum Gasteiger partial charge on any atom is 0.153 e. The van der Waals surface area contributed by atoms with Gasteiger partial charge in [0.1, 0.15) is 5.82 Å². The molecular formula is C19H28N6. The van der Waals surface area contributed by atoms with E-state index in [1.54, 1.807) is 0 Å². The molecule has 1 saturated heterocycles. The van der Waals surface area contributed by atoms with E-state index >= 15 is 0 Å². The van der Waals surface area contributed by atoms with Gasteiger partial charge in [-0.25, -0.2) is 4.98 Å². The number of hydrogen-bond acceptors (Lipinski definition) is 4. The molecule has 3 aliphatic rings. The van der Waals surface area contributed by atoms with Crippen molar-refractivity contribution in [3.8, 4) is 0 Å². The van der Waals surface area contributed by atoms with Crippen LogP contribution in [0.1, 0.15) is 61.7 Å². The van der Waals surface area contributed by atoms with E-state index < -0.39 is 0 Å². The van der Waals surface area contributed by atoms with Crippen LogP contribution in [-0.2, 0) is 13.0 Å².